The molecule has 0 aromatic heterocycles. The first-order valence-corrected chi connectivity index (χ1v) is 24.4. The summed E-state index contributed by atoms with van der Waals surface area (Å²) in [5.74, 6) is 1.54. The number of hydrogen-bond acceptors (Lipinski definition) is 0. The maximum absolute atomic E-state index is 2.77. The van der Waals surface area contributed by atoms with Crippen molar-refractivity contribution in [1.82, 2.24) is 0 Å². The molecule has 0 radical (unpaired) electrons. The predicted molar refractivity (Wildman–Crippen MR) is 216 cm³/mol. The fraction of sp³-hybridized carbons (Fsp3) is 0.440. The molecule has 5 aliphatic rings. The van der Waals surface area contributed by atoms with E-state index in [0.29, 0.717) is 8.45 Å². The van der Waals surface area contributed by atoms with Crippen LogP contribution in [-0.4, -0.2) is 0 Å². The Morgan fingerprint density at radius 1 is 0.472 bits per heavy atom. The predicted octanol–water partition coefficient (Wildman–Crippen LogP) is 8.58. The minimum Gasteiger partial charge on any atom is -1.00 e. The molecule has 1 heterocycles. The van der Waals surface area contributed by atoms with Gasteiger partial charge in [0.15, 0.2) is 0 Å². The standard InChI is InChI=1S/2C24H27.C2H4.2ClH.Ti/c2*1-24(2,3)21-13-11-18(12-14-21)22-10-6-9-19-15-20(16-23(19)22)17-7-4-5-8-17;1-2;;;/h2*6,9-17H,4-5,7-8H2,1-3H3;1-2H2;2*1H;/q;;;;;+2/p-2. The second-order valence-corrected chi connectivity index (χ2v) is 26.3. The molecule has 2 saturated carbocycles. The van der Waals surface area contributed by atoms with Crippen molar-refractivity contribution in [2.45, 2.75) is 122 Å². The minimum absolute atomic E-state index is 0. The molecule has 1 aliphatic heterocycles. The van der Waals surface area contributed by atoms with Crippen molar-refractivity contribution >= 4 is 12.2 Å². The number of fused-ring (bicyclic) bond motifs is 2. The van der Waals surface area contributed by atoms with E-state index in [4.69, 9.17) is 0 Å². The Morgan fingerprint density at radius 3 is 1.15 bits per heavy atom. The smallest absolute Gasteiger partial charge is 1.00 e. The fourth-order valence-electron chi connectivity index (χ4n) is 11.1. The molecule has 9 rings (SSSR count). The van der Waals surface area contributed by atoms with Crippen molar-refractivity contribution in [3.8, 4) is 22.3 Å². The van der Waals surface area contributed by atoms with Gasteiger partial charge in [0.1, 0.15) is 0 Å². The second kappa shape index (κ2) is 14.6. The molecular weight excluding hydrogens is 719 g/mol. The van der Waals surface area contributed by atoms with E-state index in [2.05, 4.69) is 139 Å². The van der Waals surface area contributed by atoms with Gasteiger partial charge in [-0.15, -0.1) is 0 Å². The zero-order valence-electron chi connectivity index (χ0n) is 32.9. The molecule has 0 nitrogen and oxygen atoms in total. The molecule has 53 heavy (non-hydrogen) atoms. The van der Waals surface area contributed by atoms with Gasteiger partial charge in [-0.3, -0.25) is 0 Å². The monoisotopic (exact) mass is 776 g/mol. The molecule has 3 heteroatoms. The summed E-state index contributed by atoms with van der Waals surface area (Å²) in [5, 5.41) is 0. The molecule has 0 bridgehead atoms. The van der Waals surface area contributed by atoms with Gasteiger partial charge in [-0.2, -0.15) is 0 Å². The van der Waals surface area contributed by atoms with Crippen LogP contribution in [-0.2, 0) is 27.4 Å². The Labute approximate surface area is 336 Å². The van der Waals surface area contributed by atoms with Crippen LogP contribution in [0.3, 0.4) is 0 Å². The van der Waals surface area contributed by atoms with Gasteiger partial charge < -0.3 is 24.8 Å². The quantitative estimate of drug-likeness (QED) is 0.172. The van der Waals surface area contributed by atoms with E-state index >= 15 is 0 Å². The first-order valence-electron chi connectivity index (χ1n) is 20.4. The van der Waals surface area contributed by atoms with Crippen molar-refractivity contribution in [2.75, 3.05) is 0 Å². The third kappa shape index (κ3) is 6.81. The Kier molecular flexibility index (Phi) is 10.7. The summed E-state index contributed by atoms with van der Waals surface area (Å²) in [6.07, 6.45) is 16.7. The van der Waals surface area contributed by atoms with Gasteiger partial charge in [0, 0.05) is 0 Å². The van der Waals surface area contributed by atoms with Crippen molar-refractivity contribution < 1.29 is 41.4 Å². The van der Waals surface area contributed by atoms with Crippen molar-refractivity contribution in [1.29, 1.82) is 0 Å². The molecule has 2 atom stereocenters. The van der Waals surface area contributed by atoms with Crippen LogP contribution in [0.25, 0.3) is 34.4 Å². The number of halogens is 2. The van der Waals surface area contributed by atoms with E-state index in [1.807, 2.05) is 11.1 Å². The molecular formula is C50H58Cl2Ti. The number of allylic oxidation sites excluding steroid dienone is 2. The van der Waals surface area contributed by atoms with E-state index < -0.39 is 16.6 Å². The maximum atomic E-state index is 2.77. The molecule has 4 aromatic rings. The van der Waals surface area contributed by atoms with Crippen molar-refractivity contribution in [3.63, 3.8) is 0 Å². The number of benzene rings is 4. The van der Waals surface area contributed by atoms with Crippen LogP contribution in [0.1, 0.15) is 135 Å². The summed E-state index contributed by atoms with van der Waals surface area (Å²) >= 11 is -2.53. The van der Waals surface area contributed by atoms with Crippen LogP contribution in [0.15, 0.2) is 96.1 Å². The van der Waals surface area contributed by atoms with E-state index in [1.165, 1.54) is 94.2 Å². The molecule has 3 fully saturated rings. The first kappa shape index (κ1) is 38.9. The summed E-state index contributed by atoms with van der Waals surface area (Å²) in [4.78, 5) is 0. The molecule has 4 aliphatic carbocycles. The van der Waals surface area contributed by atoms with Crippen LogP contribution < -0.4 is 24.8 Å². The minimum atomic E-state index is -2.53. The van der Waals surface area contributed by atoms with Crippen LogP contribution >= 0.6 is 0 Å². The van der Waals surface area contributed by atoms with Gasteiger partial charge in [0.2, 0.25) is 0 Å². The van der Waals surface area contributed by atoms with E-state index in [-0.39, 0.29) is 35.6 Å². The molecule has 1 saturated heterocycles. The van der Waals surface area contributed by atoms with Crippen molar-refractivity contribution in [2.24, 2.45) is 11.8 Å². The van der Waals surface area contributed by atoms with Crippen LogP contribution in [0.4, 0.5) is 0 Å². The van der Waals surface area contributed by atoms with Gasteiger partial charge in [0.05, 0.1) is 0 Å². The summed E-state index contributed by atoms with van der Waals surface area (Å²) in [5.41, 5.74) is 19.2. The topological polar surface area (TPSA) is 0 Å². The Morgan fingerprint density at radius 2 is 0.830 bits per heavy atom. The summed E-state index contributed by atoms with van der Waals surface area (Å²) in [6, 6.07) is 34.0. The van der Waals surface area contributed by atoms with Gasteiger partial charge >= 0.3 is 314 Å². The van der Waals surface area contributed by atoms with Crippen LogP contribution in [0, 0.1) is 11.8 Å². The molecule has 0 amide bonds. The Bertz CT molecular complexity index is 1870. The molecule has 4 aromatic carbocycles. The molecule has 0 N–H and O–H groups in total. The third-order valence-corrected chi connectivity index (χ3v) is 22.1. The Balaban J connectivity index is 0.00000218. The summed E-state index contributed by atoms with van der Waals surface area (Å²) < 4.78 is 4.45. The van der Waals surface area contributed by atoms with Crippen molar-refractivity contribution in [3.05, 3.63) is 129 Å². The average Bonchev–Trinajstić information content (AvgIpc) is 3.65. The van der Waals surface area contributed by atoms with E-state index in [9.17, 15) is 0 Å². The third-order valence-electron chi connectivity index (χ3n) is 13.9. The van der Waals surface area contributed by atoms with Crippen LogP contribution in [0.2, 0.25) is 9.45 Å². The normalized spacial score (nSPS) is 21.5. The Hall–Kier alpha value is -2.35. The van der Waals surface area contributed by atoms with Crippen LogP contribution in [0.5, 0.6) is 0 Å². The SMILES string of the molecule is CC(C)(C)c1ccc(-c2cccc3c2C=C(C2CCCC2)[CH]3[Ti+2]2([CH]3C(C4CCCC4)=Cc4c(-c5ccc(C(C)(C)C)cc5)cccc43)[CH2][CH2]2)cc1.[Cl-].[Cl-]. The zero-order chi connectivity index (χ0) is 35.1. The molecule has 0 spiro atoms. The summed E-state index contributed by atoms with van der Waals surface area (Å²) in [6.45, 7) is 14.0. The fourth-order valence-corrected chi connectivity index (χ4v) is 21.5. The maximum Gasteiger partial charge on any atom is -1.00 e. The summed E-state index contributed by atoms with van der Waals surface area (Å²) in [7, 11) is 0. The van der Waals surface area contributed by atoms with Gasteiger partial charge in [-0.1, -0.05) is 0 Å². The second-order valence-electron chi connectivity index (χ2n) is 19.1. The van der Waals surface area contributed by atoms with Gasteiger partial charge in [0.25, 0.3) is 0 Å². The van der Waals surface area contributed by atoms with Gasteiger partial charge in [-0.25, -0.2) is 0 Å². The first-order chi connectivity index (χ1) is 24.5. The largest absolute Gasteiger partial charge is 1.00 e. The number of hydrogen-bond donors (Lipinski definition) is 0. The van der Waals surface area contributed by atoms with E-state index in [1.54, 1.807) is 22.3 Å². The number of rotatable bonds is 6. The average molecular weight is 778 g/mol. The molecule has 276 valence electrons. The van der Waals surface area contributed by atoms with Gasteiger partial charge in [-0.05, 0) is 0 Å². The molecule has 2 unspecified atom stereocenters. The zero-order valence-corrected chi connectivity index (χ0v) is 35.9. The van der Waals surface area contributed by atoms with E-state index in [0.717, 1.165) is 11.8 Å².